The SMILES string of the molecule is COc1ccc(C(=O)N2C=NN(C)[C@]23SC(C(C)=O)=NN3c2ccccc2)cc1. The number of methoxy groups -OCH3 is 1. The molecule has 2 aliphatic rings. The first-order valence-corrected chi connectivity index (χ1v) is 9.68. The first-order chi connectivity index (χ1) is 14.0. The molecule has 0 aromatic heterocycles. The van der Waals surface area contributed by atoms with E-state index in [0.29, 0.717) is 16.4 Å². The number of hydrogen-bond donors (Lipinski definition) is 0. The van der Waals surface area contributed by atoms with Gasteiger partial charge in [-0.1, -0.05) is 18.2 Å². The molecule has 0 unspecified atom stereocenters. The minimum absolute atomic E-state index is 0.176. The summed E-state index contributed by atoms with van der Waals surface area (Å²) in [4.78, 5) is 27.0. The molecule has 2 aromatic carbocycles. The number of nitrogens with zero attached hydrogens (tertiary/aromatic N) is 5. The van der Waals surface area contributed by atoms with Crippen LogP contribution in [0.4, 0.5) is 5.69 Å². The van der Waals surface area contributed by atoms with Gasteiger partial charge in [0.1, 0.15) is 12.1 Å². The molecule has 148 valence electrons. The predicted octanol–water partition coefficient (Wildman–Crippen LogP) is 2.79. The second-order valence-corrected chi connectivity index (χ2v) is 7.58. The van der Waals surface area contributed by atoms with E-state index in [1.54, 1.807) is 48.4 Å². The summed E-state index contributed by atoms with van der Waals surface area (Å²) >= 11 is 1.19. The number of amides is 1. The lowest BCUT2D eigenvalue weighted by atomic mass is 10.2. The van der Waals surface area contributed by atoms with Crippen molar-refractivity contribution in [2.45, 2.75) is 12.0 Å². The summed E-state index contributed by atoms with van der Waals surface area (Å²) in [6.45, 7) is 1.46. The van der Waals surface area contributed by atoms with E-state index in [-0.39, 0.29) is 11.7 Å². The van der Waals surface area contributed by atoms with Gasteiger partial charge < -0.3 is 4.74 Å². The van der Waals surface area contributed by atoms with Gasteiger partial charge in [0, 0.05) is 19.5 Å². The zero-order valence-electron chi connectivity index (χ0n) is 16.1. The van der Waals surface area contributed by atoms with Crippen molar-refractivity contribution in [3.05, 3.63) is 60.2 Å². The minimum atomic E-state index is -1.15. The zero-order valence-corrected chi connectivity index (χ0v) is 17.0. The molecule has 1 atom stereocenters. The zero-order chi connectivity index (χ0) is 20.6. The van der Waals surface area contributed by atoms with E-state index in [4.69, 9.17) is 4.74 Å². The molecule has 2 heterocycles. The number of hydrogen-bond acceptors (Lipinski definition) is 8. The highest BCUT2D eigenvalue weighted by Gasteiger charge is 2.58. The third-order valence-electron chi connectivity index (χ3n) is 4.63. The molecule has 1 amide bonds. The Balaban J connectivity index is 1.78. The largest absolute Gasteiger partial charge is 0.497 e. The van der Waals surface area contributed by atoms with Crippen LogP contribution in [0.1, 0.15) is 17.3 Å². The van der Waals surface area contributed by atoms with E-state index in [0.717, 1.165) is 5.69 Å². The van der Waals surface area contributed by atoms with Gasteiger partial charge in [0.05, 0.1) is 12.8 Å². The van der Waals surface area contributed by atoms with Gasteiger partial charge in [0.15, 0.2) is 10.8 Å². The Morgan fingerprint density at radius 2 is 1.76 bits per heavy atom. The average molecular weight is 409 g/mol. The Morgan fingerprint density at radius 1 is 1.07 bits per heavy atom. The fourth-order valence-corrected chi connectivity index (χ4v) is 4.30. The summed E-state index contributed by atoms with van der Waals surface area (Å²) in [5.74, 6) is 0.214. The summed E-state index contributed by atoms with van der Waals surface area (Å²) in [6, 6.07) is 16.2. The number of thioether (sulfide) groups is 1. The number of hydrazone groups is 2. The van der Waals surface area contributed by atoms with Crippen molar-refractivity contribution >= 4 is 40.5 Å². The molecule has 4 rings (SSSR count). The number of carbonyl (C=O) groups excluding carboxylic acids is 2. The molecule has 2 aliphatic heterocycles. The number of benzene rings is 2. The van der Waals surface area contributed by atoms with Crippen LogP contribution < -0.4 is 9.75 Å². The van der Waals surface area contributed by atoms with Gasteiger partial charge in [-0.05, 0) is 48.2 Å². The van der Waals surface area contributed by atoms with Gasteiger partial charge in [-0.3, -0.25) is 9.59 Å². The number of para-hydroxylation sites is 1. The molecule has 29 heavy (non-hydrogen) atoms. The van der Waals surface area contributed by atoms with Crippen molar-refractivity contribution in [3.8, 4) is 5.75 Å². The lowest BCUT2D eigenvalue weighted by molar-refractivity contribution is -0.110. The summed E-state index contributed by atoms with van der Waals surface area (Å²) in [6.07, 6.45) is 1.47. The maximum Gasteiger partial charge on any atom is 0.291 e. The lowest BCUT2D eigenvalue weighted by Crippen LogP contribution is -2.60. The van der Waals surface area contributed by atoms with Crippen LogP contribution in [-0.2, 0) is 4.79 Å². The maximum atomic E-state index is 13.4. The molecular weight excluding hydrogens is 390 g/mol. The van der Waals surface area contributed by atoms with Crippen molar-refractivity contribution in [2.24, 2.45) is 10.2 Å². The molecule has 0 N–H and O–H groups in total. The van der Waals surface area contributed by atoms with Gasteiger partial charge >= 0.3 is 0 Å². The van der Waals surface area contributed by atoms with Gasteiger partial charge in [0.25, 0.3) is 11.0 Å². The number of Topliss-reactive ketones (excluding diaryl/α,β-unsaturated/α-hetero) is 1. The summed E-state index contributed by atoms with van der Waals surface area (Å²) < 4.78 is 5.17. The summed E-state index contributed by atoms with van der Waals surface area (Å²) in [5.41, 5.74) is 1.21. The Morgan fingerprint density at radius 3 is 2.38 bits per heavy atom. The van der Waals surface area contributed by atoms with Gasteiger partial charge in [-0.15, -0.1) is 0 Å². The van der Waals surface area contributed by atoms with Gasteiger partial charge in [-0.25, -0.2) is 14.9 Å². The van der Waals surface area contributed by atoms with E-state index >= 15 is 0 Å². The van der Waals surface area contributed by atoms with Crippen LogP contribution in [0.2, 0.25) is 0 Å². The molecule has 0 aliphatic carbocycles. The van der Waals surface area contributed by atoms with Crippen molar-refractivity contribution < 1.29 is 14.3 Å². The molecule has 9 heteroatoms. The monoisotopic (exact) mass is 409 g/mol. The highest BCUT2D eigenvalue weighted by atomic mass is 32.2. The third-order valence-corrected chi connectivity index (χ3v) is 6.10. The number of ketones is 1. The van der Waals surface area contributed by atoms with Gasteiger partial charge in [0.2, 0.25) is 0 Å². The quantitative estimate of drug-likeness (QED) is 0.773. The molecule has 8 nitrogen and oxygen atoms in total. The van der Waals surface area contributed by atoms with Crippen LogP contribution in [0.3, 0.4) is 0 Å². The highest BCUT2D eigenvalue weighted by molar-refractivity contribution is 8.17. The van der Waals surface area contributed by atoms with Crippen LogP contribution in [0.15, 0.2) is 64.8 Å². The van der Waals surface area contributed by atoms with Crippen molar-refractivity contribution in [2.75, 3.05) is 19.2 Å². The van der Waals surface area contributed by atoms with E-state index in [2.05, 4.69) is 10.2 Å². The average Bonchev–Trinajstić information content (AvgIpc) is 3.30. The normalized spacial score (nSPS) is 20.4. The summed E-state index contributed by atoms with van der Waals surface area (Å²) in [5, 5.41) is 11.3. The highest BCUT2D eigenvalue weighted by Crippen LogP contribution is 2.47. The standard InChI is InChI=1S/C20H19N5O3S/c1-14(26)18-22-25(16-7-5-4-6-8-16)20(29-18)23(2)21-13-24(20)19(27)15-9-11-17(28-3)12-10-15/h4-13H,1-3H3/t20-/m0/s1. The number of carbonyl (C=O) groups is 2. The van der Waals surface area contributed by atoms with Crippen LogP contribution in [0, 0.1) is 0 Å². The Hall–Kier alpha value is -3.33. The minimum Gasteiger partial charge on any atom is -0.497 e. The number of rotatable bonds is 4. The molecule has 0 bridgehead atoms. The van der Waals surface area contributed by atoms with Crippen LogP contribution in [0.5, 0.6) is 5.75 Å². The van der Waals surface area contributed by atoms with E-state index in [9.17, 15) is 9.59 Å². The van der Waals surface area contributed by atoms with E-state index < -0.39 is 5.12 Å². The molecule has 2 aromatic rings. The first-order valence-electron chi connectivity index (χ1n) is 8.87. The molecule has 0 radical (unpaired) electrons. The molecule has 0 saturated heterocycles. The molecule has 0 saturated carbocycles. The van der Waals surface area contributed by atoms with E-state index in [1.165, 1.54) is 29.9 Å². The number of anilines is 1. The second-order valence-electron chi connectivity index (χ2n) is 6.44. The summed E-state index contributed by atoms with van der Waals surface area (Å²) in [7, 11) is 3.32. The Kier molecular flexibility index (Phi) is 4.75. The fraction of sp³-hybridized carbons (Fsp3) is 0.200. The Bertz CT molecular complexity index is 1010. The van der Waals surface area contributed by atoms with Crippen LogP contribution >= 0.6 is 11.8 Å². The van der Waals surface area contributed by atoms with Crippen LogP contribution in [0.25, 0.3) is 0 Å². The van der Waals surface area contributed by atoms with Gasteiger partial charge in [-0.2, -0.15) is 10.2 Å². The molecule has 0 fully saturated rings. The maximum absolute atomic E-state index is 13.4. The topological polar surface area (TPSA) is 77.8 Å². The fourth-order valence-electron chi connectivity index (χ4n) is 3.13. The van der Waals surface area contributed by atoms with Crippen molar-refractivity contribution in [3.63, 3.8) is 0 Å². The number of ether oxygens (including phenoxy) is 1. The van der Waals surface area contributed by atoms with Crippen LogP contribution in [-0.4, -0.2) is 52.3 Å². The smallest absolute Gasteiger partial charge is 0.291 e. The van der Waals surface area contributed by atoms with Crippen molar-refractivity contribution in [1.82, 2.24) is 9.91 Å². The molecule has 1 spiro atoms. The molecular formula is C20H19N5O3S. The second kappa shape index (κ2) is 7.25. The first kappa shape index (κ1) is 19.0. The lowest BCUT2D eigenvalue weighted by Gasteiger charge is -2.42. The van der Waals surface area contributed by atoms with E-state index in [1.807, 2.05) is 30.3 Å². The predicted molar refractivity (Wildman–Crippen MR) is 113 cm³/mol. The Labute approximate surface area is 172 Å². The van der Waals surface area contributed by atoms with Crippen molar-refractivity contribution in [1.29, 1.82) is 0 Å². The third kappa shape index (κ3) is 3.03.